The van der Waals surface area contributed by atoms with Gasteiger partial charge in [-0.1, -0.05) is 18.2 Å². The molecule has 100 valence electrons. The highest BCUT2D eigenvalue weighted by molar-refractivity contribution is 7.92. The Balaban J connectivity index is 2.48. The zero-order chi connectivity index (χ0) is 13.9. The molecular formula is C13H15N3O2S. The first-order valence-corrected chi connectivity index (χ1v) is 7.29. The normalized spacial score (nSPS) is 11.2. The topological polar surface area (TPSA) is 76.3 Å². The van der Waals surface area contributed by atoms with Crippen LogP contribution in [0.15, 0.2) is 53.6 Å². The van der Waals surface area contributed by atoms with E-state index in [1.807, 2.05) is 6.07 Å². The lowest BCUT2D eigenvalue weighted by Gasteiger charge is -2.22. The van der Waals surface area contributed by atoms with Crippen LogP contribution >= 0.6 is 0 Å². The molecule has 6 heteroatoms. The lowest BCUT2D eigenvalue weighted by Crippen LogP contribution is -2.30. The second kappa shape index (κ2) is 5.27. The summed E-state index contributed by atoms with van der Waals surface area (Å²) in [6, 6.07) is 11.8. The van der Waals surface area contributed by atoms with Crippen molar-refractivity contribution >= 4 is 21.5 Å². The van der Waals surface area contributed by atoms with E-state index in [1.165, 1.54) is 22.6 Å². The number of pyridine rings is 1. The van der Waals surface area contributed by atoms with Crippen molar-refractivity contribution in [3.05, 3.63) is 48.7 Å². The fraction of sp³-hybridized carbons (Fsp3) is 0.154. The third kappa shape index (κ3) is 2.68. The van der Waals surface area contributed by atoms with Gasteiger partial charge in [-0.25, -0.2) is 13.4 Å². The molecule has 0 saturated carbocycles. The van der Waals surface area contributed by atoms with Crippen molar-refractivity contribution in [3.8, 4) is 0 Å². The molecule has 0 fully saturated rings. The third-order valence-corrected chi connectivity index (χ3v) is 4.57. The number of hydrogen-bond donors (Lipinski definition) is 1. The summed E-state index contributed by atoms with van der Waals surface area (Å²) >= 11 is 0. The highest BCUT2D eigenvalue weighted by Crippen LogP contribution is 2.23. The van der Waals surface area contributed by atoms with Crippen LogP contribution in [0.5, 0.6) is 0 Å². The maximum atomic E-state index is 12.6. The Morgan fingerprint density at radius 3 is 2.47 bits per heavy atom. The zero-order valence-corrected chi connectivity index (χ0v) is 11.3. The van der Waals surface area contributed by atoms with Gasteiger partial charge in [0.05, 0.1) is 10.6 Å². The summed E-state index contributed by atoms with van der Waals surface area (Å²) in [5.74, 6) is 0.185. The number of hydrogen-bond acceptors (Lipinski definition) is 4. The van der Waals surface area contributed by atoms with Crippen molar-refractivity contribution in [1.82, 2.24) is 4.98 Å². The number of sulfonamides is 1. The van der Waals surface area contributed by atoms with E-state index in [1.54, 1.807) is 31.2 Å². The maximum Gasteiger partial charge on any atom is 0.264 e. The van der Waals surface area contributed by atoms with Crippen LogP contribution in [0.4, 0.5) is 11.5 Å². The van der Waals surface area contributed by atoms with Gasteiger partial charge in [-0.3, -0.25) is 4.31 Å². The average molecular weight is 277 g/mol. The standard InChI is InChI=1S/C13H15N3O2S/c1-2-16(11-6-4-3-5-7-11)19(17,18)12-8-9-15-13(14)10-12/h3-10H,2H2,1H3,(H2,14,15). The maximum absolute atomic E-state index is 12.6. The van der Waals surface area contributed by atoms with Crippen LogP contribution in [0.2, 0.25) is 0 Å². The molecule has 2 N–H and O–H groups in total. The van der Waals surface area contributed by atoms with Crippen LogP contribution in [0, 0.1) is 0 Å². The van der Waals surface area contributed by atoms with Crippen molar-refractivity contribution in [1.29, 1.82) is 0 Å². The average Bonchev–Trinajstić information content (AvgIpc) is 2.40. The van der Waals surface area contributed by atoms with Crippen LogP contribution < -0.4 is 10.0 Å². The first-order chi connectivity index (χ1) is 9.05. The van der Waals surface area contributed by atoms with E-state index in [2.05, 4.69) is 4.98 Å². The number of para-hydroxylation sites is 1. The first-order valence-electron chi connectivity index (χ1n) is 5.85. The SMILES string of the molecule is CCN(c1ccccc1)S(=O)(=O)c1ccnc(N)c1. The fourth-order valence-corrected chi connectivity index (χ4v) is 3.30. The Morgan fingerprint density at radius 1 is 1.21 bits per heavy atom. The summed E-state index contributed by atoms with van der Waals surface area (Å²) in [6.45, 7) is 2.13. The monoisotopic (exact) mass is 277 g/mol. The molecule has 0 unspecified atom stereocenters. The van der Waals surface area contributed by atoms with Crippen LogP contribution in [0.25, 0.3) is 0 Å². The quantitative estimate of drug-likeness (QED) is 0.925. The summed E-state index contributed by atoms with van der Waals surface area (Å²) in [7, 11) is -3.61. The number of nitrogens with two attached hydrogens (primary N) is 1. The van der Waals surface area contributed by atoms with E-state index >= 15 is 0 Å². The molecule has 1 heterocycles. The minimum Gasteiger partial charge on any atom is -0.384 e. The minimum absolute atomic E-state index is 0.144. The fourth-order valence-electron chi connectivity index (χ4n) is 1.80. The van der Waals surface area contributed by atoms with E-state index in [4.69, 9.17) is 5.73 Å². The van der Waals surface area contributed by atoms with Crippen LogP contribution in [-0.2, 0) is 10.0 Å². The van der Waals surface area contributed by atoms with Crippen molar-refractivity contribution in [2.75, 3.05) is 16.6 Å². The molecule has 0 saturated heterocycles. The van der Waals surface area contributed by atoms with Gasteiger partial charge in [-0.15, -0.1) is 0 Å². The Kier molecular flexibility index (Phi) is 3.71. The molecule has 2 rings (SSSR count). The predicted molar refractivity (Wildman–Crippen MR) is 75.3 cm³/mol. The first kappa shape index (κ1) is 13.4. The molecule has 0 amide bonds. The smallest absolute Gasteiger partial charge is 0.264 e. The van der Waals surface area contributed by atoms with Crippen LogP contribution in [-0.4, -0.2) is 19.9 Å². The molecule has 0 atom stereocenters. The number of benzene rings is 1. The summed E-state index contributed by atoms with van der Waals surface area (Å²) in [5, 5.41) is 0. The predicted octanol–water partition coefficient (Wildman–Crippen LogP) is 1.88. The second-order valence-corrected chi connectivity index (χ2v) is 5.78. The van der Waals surface area contributed by atoms with E-state index in [-0.39, 0.29) is 10.7 Å². The second-order valence-electron chi connectivity index (χ2n) is 3.92. The largest absolute Gasteiger partial charge is 0.384 e. The minimum atomic E-state index is -3.61. The summed E-state index contributed by atoms with van der Waals surface area (Å²) in [4.78, 5) is 3.95. The molecule has 5 nitrogen and oxygen atoms in total. The lowest BCUT2D eigenvalue weighted by atomic mass is 10.3. The van der Waals surface area contributed by atoms with Gasteiger partial charge in [0.15, 0.2) is 0 Å². The molecule has 0 aliphatic heterocycles. The van der Waals surface area contributed by atoms with E-state index in [9.17, 15) is 8.42 Å². The van der Waals surface area contributed by atoms with Crippen molar-refractivity contribution < 1.29 is 8.42 Å². The van der Waals surface area contributed by atoms with E-state index < -0.39 is 10.0 Å². The Bertz CT molecular complexity index is 657. The Morgan fingerprint density at radius 2 is 1.89 bits per heavy atom. The highest BCUT2D eigenvalue weighted by Gasteiger charge is 2.23. The zero-order valence-electron chi connectivity index (χ0n) is 10.5. The van der Waals surface area contributed by atoms with Gasteiger partial charge >= 0.3 is 0 Å². The van der Waals surface area contributed by atoms with Gasteiger partial charge in [0.2, 0.25) is 0 Å². The van der Waals surface area contributed by atoms with Crippen molar-refractivity contribution in [2.24, 2.45) is 0 Å². The van der Waals surface area contributed by atoms with E-state index in [0.29, 0.717) is 12.2 Å². The third-order valence-electron chi connectivity index (χ3n) is 2.67. The van der Waals surface area contributed by atoms with Gasteiger partial charge in [-0.05, 0) is 25.1 Å². The molecular weight excluding hydrogens is 262 g/mol. The van der Waals surface area contributed by atoms with Gasteiger partial charge in [0.25, 0.3) is 10.0 Å². The Hall–Kier alpha value is -2.08. The molecule has 0 spiro atoms. The number of nitrogens with zero attached hydrogens (tertiary/aromatic N) is 2. The molecule has 2 aromatic rings. The van der Waals surface area contributed by atoms with Crippen molar-refractivity contribution in [2.45, 2.75) is 11.8 Å². The lowest BCUT2D eigenvalue weighted by molar-refractivity contribution is 0.592. The van der Waals surface area contributed by atoms with Gasteiger partial charge in [0, 0.05) is 18.8 Å². The number of anilines is 2. The summed E-state index contributed by atoms with van der Waals surface area (Å²) in [6.07, 6.45) is 1.39. The van der Waals surface area contributed by atoms with Gasteiger partial charge in [-0.2, -0.15) is 0 Å². The molecule has 0 aliphatic rings. The van der Waals surface area contributed by atoms with Gasteiger partial charge < -0.3 is 5.73 Å². The molecule has 1 aromatic heterocycles. The number of rotatable bonds is 4. The highest BCUT2D eigenvalue weighted by atomic mass is 32.2. The molecule has 0 aliphatic carbocycles. The number of nitrogen functional groups attached to an aromatic ring is 1. The van der Waals surface area contributed by atoms with E-state index in [0.717, 1.165) is 0 Å². The van der Waals surface area contributed by atoms with Gasteiger partial charge in [0.1, 0.15) is 5.82 Å². The summed E-state index contributed by atoms with van der Waals surface area (Å²) in [5.41, 5.74) is 6.17. The number of aromatic nitrogens is 1. The molecule has 1 aromatic carbocycles. The Labute approximate surface area is 112 Å². The van der Waals surface area contributed by atoms with Crippen LogP contribution in [0.1, 0.15) is 6.92 Å². The van der Waals surface area contributed by atoms with Crippen LogP contribution in [0.3, 0.4) is 0 Å². The molecule has 0 bridgehead atoms. The van der Waals surface area contributed by atoms with Crippen molar-refractivity contribution in [3.63, 3.8) is 0 Å². The molecule has 19 heavy (non-hydrogen) atoms. The summed E-state index contributed by atoms with van der Waals surface area (Å²) < 4.78 is 26.5. The molecule has 0 radical (unpaired) electrons.